The number of carbonyl (C=O) groups is 2. The number of ether oxygens (including phenoxy) is 1. The number of hydrogen-bond donors (Lipinski definition) is 3. The summed E-state index contributed by atoms with van der Waals surface area (Å²) in [5, 5.41) is 10.2. The van der Waals surface area contributed by atoms with E-state index in [4.69, 9.17) is 9.72 Å². The Morgan fingerprint density at radius 3 is 2.28 bits per heavy atom. The van der Waals surface area contributed by atoms with Crippen molar-refractivity contribution in [3.8, 4) is 17.0 Å². The molecule has 0 unspecified atom stereocenters. The van der Waals surface area contributed by atoms with Gasteiger partial charge in [0.1, 0.15) is 12.3 Å². The first-order valence-electron chi connectivity index (χ1n) is 18.9. The molecule has 6 heterocycles. The maximum atomic E-state index is 12.2. The van der Waals surface area contributed by atoms with E-state index in [2.05, 4.69) is 102 Å². The van der Waals surface area contributed by atoms with Crippen molar-refractivity contribution in [2.24, 2.45) is 0 Å². The lowest BCUT2D eigenvalue weighted by atomic mass is 10.00. The zero-order chi connectivity index (χ0) is 36.6. The normalized spacial score (nSPS) is 18.2. The van der Waals surface area contributed by atoms with Crippen molar-refractivity contribution in [3.05, 3.63) is 84.7 Å². The zero-order valence-corrected chi connectivity index (χ0v) is 30.4. The Morgan fingerprint density at radius 2 is 1.52 bits per heavy atom. The molecule has 0 spiro atoms. The van der Waals surface area contributed by atoms with Gasteiger partial charge in [-0.25, -0.2) is 19.7 Å². The molecule has 0 saturated carbocycles. The van der Waals surface area contributed by atoms with E-state index in [1.807, 2.05) is 24.5 Å². The van der Waals surface area contributed by atoms with Gasteiger partial charge in [0.25, 0.3) is 0 Å². The number of amides is 3. The number of anilines is 6. The minimum absolute atomic E-state index is 0.215. The molecule has 0 atom stereocenters. The van der Waals surface area contributed by atoms with E-state index in [0.717, 1.165) is 103 Å². The fourth-order valence-electron chi connectivity index (χ4n) is 8.14. The molecular formula is C41H44N10O3. The molecule has 9 rings (SSSR count). The number of nitrogens with one attached hydrogen (secondary N) is 3. The van der Waals surface area contributed by atoms with E-state index in [1.54, 1.807) is 4.90 Å². The Labute approximate surface area is 314 Å². The molecule has 54 heavy (non-hydrogen) atoms. The number of nitrogens with zero attached hydrogens (tertiary/aromatic N) is 7. The van der Waals surface area contributed by atoms with Crippen LogP contribution in [0.25, 0.3) is 22.0 Å². The van der Waals surface area contributed by atoms with Gasteiger partial charge in [-0.3, -0.25) is 19.9 Å². The predicted molar refractivity (Wildman–Crippen MR) is 212 cm³/mol. The van der Waals surface area contributed by atoms with Crippen LogP contribution in [0.1, 0.15) is 24.8 Å². The van der Waals surface area contributed by atoms with Crippen LogP contribution in [0.5, 0.6) is 5.88 Å². The molecule has 3 fully saturated rings. The first-order valence-corrected chi connectivity index (χ1v) is 18.9. The SMILES string of the molecule is Cc1c(-c2ccc3cnc(Nc4ccc(N5CCC(N6CCN(c7ccc(N8CCC(=O)NC8=O)cc7)CC6)CC5)cc4)nc3c2)cnc2c1NCCO2. The number of pyridine rings is 1. The molecule has 0 aliphatic carbocycles. The van der Waals surface area contributed by atoms with E-state index >= 15 is 0 Å². The van der Waals surface area contributed by atoms with Gasteiger partial charge >= 0.3 is 6.03 Å². The van der Waals surface area contributed by atoms with Gasteiger partial charge in [-0.1, -0.05) is 12.1 Å². The summed E-state index contributed by atoms with van der Waals surface area (Å²) in [4.78, 5) is 46.9. The summed E-state index contributed by atoms with van der Waals surface area (Å²) in [7, 11) is 0. The number of benzene rings is 3. The molecule has 13 nitrogen and oxygen atoms in total. The van der Waals surface area contributed by atoms with Crippen LogP contribution in [0.4, 0.5) is 39.2 Å². The molecular weight excluding hydrogens is 681 g/mol. The van der Waals surface area contributed by atoms with Crippen LogP contribution in [0.3, 0.4) is 0 Å². The van der Waals surface area contributed by atoms with Crippen molar-refractivity contribution in [2.75, 3.05) is 84.3 Å². The summed E-state index contributed by atoms with van der Waals surface area (Å²) in [6.45, 7) is 10.0. The molecule has 5 aromatic rings. The summed E-state index contributed by atoms with van der Waals surface area (Å²) in [6, 6.07) is 23.2. The van der Waals surface area contributed by atoms with Crippen LogP contribution in [-0.2, 0) is 4.79 Å². The first-order chi connectivity index (χ1) is 26.4. The minimum Gasteiger partial charge on any atom is -0.474 e. The number of aromatic nitrogens is 3. The van der Waals surface area contributed by atoms with E-state index < -0.39 is 0 Å². The number of carbonyl (C=O) groups excluding carboxylic acids is 2. The van der Waals surface area contributed by atoms with Gasteiger partial charge in [-0.15, -0.1) is 0 Å². The van der Waals surface area contributed by atoms with E-state index in [0.29, 0.717) is 37.4 Å². The van der Waals surface area contributed by atoms with Gasteiger partial charge in [-0.05, 0) is 85.5 Å². The van der Waals surface area contributed by atoms with Gasteiger partial charge in [0, 0.05) is 111 Å². The maximum Gasteiger partial charge on any atom is 0.328 e. The largest absolute Gasteiger partial charge is 0.474 e. The standard InChI is InChI=1S/C41H44N10O3/c1-27-35(26-43-39-38(27)42-15-23-54-39)28-2-3-29-25-44-40(46-36(29)24-28)45-30-4-6-31(7-5-30)48-16-12-33(13-17-48)50-21-19-49(20-22-50)32-8-10-34(11-9-32)51-18-14-37(52)47-41(51)53/h2-11,24-26,33,42H,12-23H2,1H3,(H,44,45,46)(H,47,52,53). The van der Waals surface area contributed by atoms with Crippen LogP contribution < -0.4 is 35.4 Å². The third kappa shape index (κ3) is 6.82. The van der Waals surface area contributed by atoms with Crippen molar-refractivity contribution < 1.29 is 14.3 Å². The second-order valence-electron chi connectivity index (χ2n) is 14.4. The van der Waals surface area contributed by atoms with Crippen LogP contribution >= 0.6 is 0 Å². The molecule has 3 amide bonds. The molecule has 276 valence electrons. The van der Waals surface area contributed by atoms with Gasteiger partial charge in [0.2, 0.25) is 17.7 Å². The number of piperazine rings is 1. The monoisotopic (exact) mass is 724 g/mol. The van der Waals surface area contributed by atoms with Crippen molar-refractivity contribution >= 4 is 57.2 Å². The maximum absolute atomic E-state index is 12.2. The molecule has 3 saturated heterocycles. The number of rotatable bonds is 7. The number of hydrogen-bond acceptors (Lipinski definition) is 11. The summed E-state index contributed by atoms with van der Waals surface area (Å²) < 4.78 is 5.72. The molecule has 13 heteroatoms. The van der Waals surface area contributed by atoms with E-state index in [-0.39, 0.29) is 11.9 Å². The lowest BCUT2D eigenvalue weighted by Gasteiger charge is -2.44. The van der Waals surface area contributed by atoms with Crippen molar-refractivity contribution in [2.45, 2.75) is 32.2 Å². The molecule has 4 aliphatic heterocycles. The Morgan fingerprint density at radius 1 is 0.796 bits per heavy atom. The zero-order valence-electron chi connectivity index (χ0n) is 30.4. The molecule has 0 bridgehead atoms. The highest BCUT2D eigenvalue weighted by atomic mass is 16.5. The van der Waals surface area contributed by atoms with Crippen LogP contribution in [-0.4, -0.2) is 96.8 Å². The van der Waals surface area contributed by atoms with Crippen LogP contribution in [0, 0.1) is 6.92 Å². The van der Waals surface area contributed by atoms with E-state index in [9.17, 15) is 9.59 Å². The lowest BCUT2D eigenvalue weighted by Crippen LogP contribution is -2.53. The molecule has 3 aromatic carbocycles. The Kier molecular flexibility index (Phi) is 9.07. The van der Waals surface area contributed by atoms with Crippen LogP contribution in [0.15, 0.2) is 79.1 Å². The average Bonchev–Trinajstić information content (AvgIpc) is 3.21. The third-order valence-corrected chi connectivity index (χ3v) is 11.2. The first kappa shape index (κ1) is 33.9. The number of fused-ring (bicyclic) bond motifs is 2. The fourth-order valence-corrected chi connectivity index (χ4v) is 8.14. The summed E-state index contributed by atoms with van der Waals surface area (Å²) in [6.07, 6.45) is 6.36. The topological polar surface area (TPSA) is 131 Å². The molecule has 2 aromatic heterocycles. The Balaban J connectivity index is 0.772. The van der Waals surface area contributed by atoms with Gasteiger partial charge in [0.05, 0.1) is 5.52 Å². The number of piperidine rings is 1. The quantitative estimate of drug-likeness (QED) is 0.189. The minimum atomic E-state index is -0.348. The lowest BCUT2D eigenvalue weighted by molar-refractivity contribution is -0.120. The second kappa shape index (κ2) is 14.5. The van der Waals surface area contributed by atoms with Gasteiger partial charge in [-0.2, -0.15) is 0 Å². The highest BCUT2D eigenvalue weighted by Gasteiger charge is 2.29. The smallest absolute Gasteiger partial charge is 0.328 e. The van der Waals surface area contributed by atoms with Crippen LogP contribution in [0.2, 0.25) is 0 Å². The number of urea groups is 1. The van der Waals surface area contributed by atoms with Crippen molar-refractivity contribution in [3.63, 3.8) is 0 Å². The molecule has 3 N–H and O–H groups in total. The summed E-state index contributed by atoms with van der Waals surface area (Å²) in [5.74, 6) is 1.01. The van der Waals surface area contributed by atoms with Gasteiger partial charge in [0.15, 0.2) is 0 Å². The summed E-state index contributed by atoms with van der Waals surface area (Å²) >= 11 is 0. The highest BCUT2D eigenvalue weighted by molar-refractivity contribution is 6.05. The predicted octanol–water partition coefficient (Wildman–Crippen LogP) is 5.79. The molecule has 0 radical (unpaired) electrons. The van der Waals surface area contributed by atoms with E-state index in [1.165, 1.54) is 11.4 Å². The average molecular weight is 725 g/mol. The van der Waals surface area contributed by atoms with Crippen molar-refractivity contribution in [1.82, 2.24) is 25.2 Å². The highest BCUT2D eigenvalue weighted by Crippen LogP contribution is 2.36. The summed E-state index contributed by atoms with van der Waals surface area (Å²) in [5.41, 5.74) is 9.21. The fraction of sp³-hybridized carbons (Fsp3) is 0.341. The third-order valence-electron chi connectivity index (χ3n) is 11.2. The second-order valence-corrected chi connectivity index (χ2v) is 14.4. The van der Waals surface area contributed by atoms with Gasteiger partial charge < -0.3 is 25.2 Å². The Bertz CT molecular complexity index is 2180. The molecule has 4 aliphatic rings. The van der Waals surface area contributed by atoms with Crippen molar-refractivity contribution in [1.29, 1.82) is 0 Å². The number of imide groups is 1. The Hall–Kier alpha value is -5.95.